The molecule has 0 spiro atoms. The molecule has 0 aromatic rings. The third kappa shape index (κ3) is 3.62. The molecule has 0 atom stereocenters. The van der Waals surface area contributed by atoms with Gasteiger partial charge in [-0.1, -0.05) is 38.5 Å². The van der Waals surface area contributed by atoms with Crippen molar-refractivity contribution in [3.8, 4) is 0 Å². The maximum absolute atomic E-state index is 12.7. The summed E-state index contributed by atoms with van der Waals surface area (Å²) in [4.78, 5) is 27.1. The zero-order valence-electron chi connectivity index (χ0n) is 13.1. The summed E-state index contributed by atoms with van der Waals surface area (Å²) in [5.41, 5.74) is 0. The van der Waals surface area contributed by atoms with Crippen LogP contribution < -0.4 is 0 Å². The monoisotopic (exact) mass is 279 g/mol. The SMILES string of the molecule is CC(C)N(C(=O)C1CCCCC1)C(=O)C1CCCCC1. The molecule has 2 fully saturated rings. The van der Waals surface area contributed by atoms with Gasteiger partial charge in [0.15, 0.2) is 0 Å². The number of rotatable bonds is 3. The van der Waals surface area contributed by atoms with Gasteiger partial charge in [0.25, 0.3) is 0 Å². The third-order valence-corrected chi connectivity index (χ3v) is 4.90. The summed E-state index contributed by atoms with van der Waals surface area (Å²) in [7, 11) is 0. The lowest BCUT2D eigenvalue weighted by atomic mass is 9.85. The van der Waals surface area contributed by atoms with E-state index in [2.05, 4.69) is 0 Å². The van der Waals surface area contributed by atoms with Crippen molar-refractivity contribution in [1.29, 1.82) is 0 Å². The zero-order chi connectivity index (χ0) is 14.5. The van der Waals surface area contributed by atoms with Gasteiger partial charge in [0.1, 0.15) is 0 Å². The molecule has 3 nitrogen and oxygen atoms in total. The van der Waals surface area contributed by atoms with E-state index in [1.165, 1.54) is 12.8 Å². The largest absolute Gasteiger partial charge is 0.280 e. The fourth-order valence-electron chi connectivity index (χ4n) is 3.71. The minimum Gasteiger partial charge on any atom is -0.280 e. The predicted molar refractivity (Wildman–Crippen MR) is 80.1 cm³/mol. The van der Waals surface area contributed by atoms with Gasteiger partial charge in [-0.25, -0.2) is 0 Å². The van der Waals surface area contributed by atoms with Crippen molar-refractivity contribution in [3.05, 3.63) is 0 Å². The molecule has 0 bridgehead atoms. The molecule has 0 radical (unpaired) electrons. The first-order valence-electron chi connectivity index (χ1n) is 8.48. The van der Waals surface area contributed by atoms with E-state index in [0.717, 1.165) is 51.4 Å². The molecule has 0 N–H and O–H groups in total. The molecule has 114 valence electrons. The molecule has 20 heavy (non-hydrogen) atoms. The summed E-state index contributed by atoms with van der Waals surface area (Å²) in [6.45, 7) is 3.95. The first-order valence-corrected chi connectivity index (χ1v) is 8.48. The Kier molecular flexibility index (Phi) is 5.62. The maximum Gasteiger partial charge on any atom is 0.232 e. The minimum absolute atomic E-state index is 0.00106. The van der Waals surface area contributed by atoms with Gasteiger partial charge in [0.2, 0.25) is 11.8 Å². The van der Waals surface area contributed by atoms with E-state index < -0.39 is 0 Å². The van der Waals surface area contributed by atoms with Crippen LogP contribution in [-0.2, 0) is 9.59 Å². The van der Waals surface area contributed by atoms with Gasteiger partial charge < -0.3 is 0 Å². The van der Waals surface area contributed by atoms with E-state index in [0.29, 0.717) is 0 Å². The summed E-state index contributed by atoms with van der Waals surface area (Å²) < 4.78 is 0. The van der Waals surface area contributed by atoms with Crippen LogP contribution >= 0.6 is 0 Å². The summed E-state index contributed by atoms with van der Waals surface area (Å²) in [6.07, 6.45) is 10.9. The third-order valence-electron chi connectivity index (χ3n) is 4.90. The molecule has 2 amide bonds. The van der Waals surface area contributed by atoms with E-state index in [-0.39, 0.29) is 29.7 Å². The second-order valence-electron chi connectivity index (χ2n) is 6.81. The number of hydrogen-bond donors (Lipinski definition) is 0. The van der Waals surface area contributed by atoms with Crippen LogP contribution in [0.25, 0.3) is 0 Å². The molecule has 2 aliphatic rings. The van der Waals surface area contributed by atoms with Crippen molar-refractivity contribution in [1.82, 2.24) is 4.90 Å². The molecule has 0 unspecified atom stereocenters. The summed E-state index contributed by atoms with van der Waals surface area (Å²) >= 11 is 0. The van der Waals surface area contributed by atoms with E-state index in [1.807, 2.05) is 13.8 Å². The Bertz CT molecular complexity index is 309. The molecule has 0 aliphatic heterocycles. The average Bonchev–Trinajstić information content (AvgIpc) is 2.48. The minimum atomic E-state index is -0.00106. The van der Waals surface area contributed by atoms with Crippen LogP contribution in [0.5, 0.6) is 0 Å². The zero-order valence-corrected chi connectivity index (χ0v) is 13.1. The van der Waals surface area contributed by atoms with Gasteiger partial charge in [-0.2, -0.15) is 0 Å². The van der Waals surface area contributed by atoms with Crippen LogP contribution in [0, 0.1) is 11.8 Å². The standard InChI is InChI=1S/C17H29NO2/c1-13(2)18(16(19)14-9-5-3-6-10-14)17(20)15-11-7-4-8-12-15/h13-15H,3-12H2,1-2H3. The van der Waals surface area contributed by atoms with Crippen LogP contribution in [0.4, 0.5) is 0 Å². The van der Waals surface area contributed by atoms with Crippen molar-refractivity contribution >= 4 is 11.8 Å². The number of nitrogens with zero attached hydrogens (tertiary/aromatic N) is 1. The van der Waals surface area contributed by atoms with E-state index in [1.54, 1.807) is 4.90 Å². The molecule has 2 aliphatic carbocycles. The first kappa shape index (κ1) is 15.5. The molecule has 2 saturated carbocycles. The van der Waals surface area contributed by atoms with Crippen LogP contribution in [-0.4, -0.2) is 22.8 Å². The summed E-state index contributed by atoms with van der Waals surface area (Å²) in [6, 6.07) is -0.00106. The van der Waals surface area contributed by atoms with Crippen LogP contribution in [0.1, 0.15) is 78.1 Å². The molecular weight excluding hydrogens is 250 g/mol. The van der Waals surface area contributed by atoms with Gasteiger partial charge in [0, 0.05) is 17.9 Å². The molecule has 2 rings (SSSR count). The van der Waals surface area contributed by atoms with Gasteiger partial charge in [-0.15, -0.1) is 0 Å². The Balaban J connectivity index is 2.04. The topological polar surface area (TPSA) is 37.4 Å². The summed E-state index contributed by atoms with van der Waals surface area (Å²) in [5.74, 6) is 0.405. The fourth-order valence-corrected chi connectivity index (χ4v) is 3.71. The van der Waals surface area contributed by atoms with Crippen molar-refractivity contribution in [2.75, 3.05) is 0 Å². The second-order valence-corrected chi connectivity index (χ2v) is 6.81. The quantitative estimate of drug-likeness (QED) is 0.734. The lowest BCUT2D eigenvalue weighted by Crippen LogP contribution is -2.48. The van der Waals surface area contributed by atoms with Crippen molar-refractivity contribution < 1.29 is 9.59 Å². The highest BCUT2D eigenvalue weighted by Crippen LogP contribution is 2.30. The lowest BCUT2D eigenvalue weighted by Gasteiger charge is -2.34. The number of carbonyl (C=O) groups is 2. The smallest absolute Gasteiger partial charge is 0.232 e. The van der Waals surface area contributed by atoms with Crippen LogP contribution in [0.3, 0.4) is 0 Å². The number of carbonyl (C=O) groups excluding carboxylic acids is 2. The highest BCUT2D eigenvalue weighted by atomic mass is 16.2. The van der Waals surface area contributed by atoms with Crippen LogP contribution in [0.2, 0.25) is 0 Å². The van der Waals surface area contributed by atoms with Crippen LogP contribution in [0.15, 0.2) is 0 Å². The predicted octanol–water partition coefficient (Wildman–Crippen LogP) is 3.91. The Morgan fingerprint density at radius 1 is 0.750 bits per heavy atom. The Hall–Kier alpha value is -0.860. The molecule has 0 aromatic carbocycles. The Morgan fingerprint density at radius 3 is 1.40 bits per heavy atom. The molecular formula is C17H29NO2. The van der Waals surface area contributed by atoms with E-state index in [4.69, 9.17) is 0 Å². The second kappa shape index (κ2) is 7.24. The van der Waals surface area contributed by atoms with Crippen molar-refractivity contribution in [3.63, 3.8) is 0 Å². The van der Waals surface area contributed by atoms with Gasteiger partial charge in [-0.3, -0.25) is 14.5 Å². The number of hydrogen-bond acceptors (Lipinski definition) is 2. The Labute approximate surface area is 123 Å². The molecule has 0 heterocycles. The molecule has 0 saturated heterocycles. The highest BCUT2D eigenvalue weighted by Gasteiger charge is 2.35. The van der Waals surface area contributed by atoms with Crippen molar-refractivity contribution in [2.24, 2.45) is 11.8 Å². The normalized spacial score (nSPS) is 21.9. The lowest BCUT2D eigenvalue weighted by molar-refractivity contribution is -0.153. The number of imide groups is 1. The van der Waals surface area contributed by atoms with Crippen molar-refractivity contribution in [2.45, 2.75) is 84.1 Å². The highest BCUT2D eigenvalue weighted by molar-refractivity contribution is 5.97. The average molecular weight is 279 g/mol. The van der Waals surface area contributed by atoms with E-state index in [9.17, 15) is 9.59 Å². The maximum atomic E-state index is 12.7. The molecule has 0 aromatic heterocycles. The first-order chi connectivity index (χ1) is 9.61. The number of amides is 2. The fraction of sp³-hybridized carbons (Fsp3) is 0.882. The molecule has 3 heteroatoms. The van der Waals surface area contributed by atoms with Gasteiger partial charge >= 0.3 is 0 Å². The van der Waals surface area contributed by atoms with Gasteiger partial charge in [0.05, 0.1) is 0 Å². The summed E-state index contributed by atoms with van der Waals surface area (Å²) in [5, 5.41) is 0. The van der Waals surface area contributed by atoms with E-state index >= 15 is 0 Å². The Morgan fingerprint density at radius 2 is 1.10 bits per heavy atom. The van der Waals surface area contributed by atoms with Gasteiger partial charge in [-0.05, 0) is 39.5 Å².